The number of carbonyl (C=O) groups excluding carboxylic acids is 1. The highest BCUT2D eigenvalue weighted by molar-refractivity contribution is 7.92. The van der Waals surface area contributed by atoms with Gasteiger partial charge in [-0.05, 0) is 49.2 Å². The van der Waals surface area contributed by atoms with Gasteiger partial charge in [0.1, 0.15) is 0 Å². The number of hydrogen-bond acceptors (Lipinski definition) is 4. The number of anilines is 1. The molecule has 0 aromatic heterocycles. The maximum atomic E-state index is 12.2. The predicted molar refractivity (Wildman–Crippen MR) is 97.8 cm³/mol. The molecule has 3 N–H and O–H groups in total. The van der Waals surface area contributed by atoms with Crippen molar-refractivity contribution in [3.05, 3.63) is 65.2 Å². The van der Waals surface area contributed by atoms with Gasteiger partial charge in [-0.3, -0.25) is 9.52 Å². The minimum Gasteiger partial charge on any atom is -0.386 e. The summed E-state index contributed by atoms with van der Waals surface area (Å²) >= 11 is 0. The van der Waals surface area contributed by atoms with Gasteiger partial charge in [0.2, 0.25) is 10.0 Å². The van der Waals surface area contributed by atoms with Crippen molar-refractivity contribution in [2.24, 2.45) is 0 Å². The van der Waals surface area contributed by atoms with Crippen molar-refractivity contribution in [3.63, 3.8) is 0 Å². The molecule has 1 amide bonds. The Hall–Kier alpha value is -2.38. The number of nitrogens with one attached hydrogen (secondary N) is 2. The average Bonchev–Trinajstić information content (AvgIpc) is 2.51. The molecular weight excluding hydrogens is 340 g/mol. The molecule has 25 heavy (non-hydrogen) atoms. The highest BCUT2D eigenvalue weighted by Crippen LogP contribution is 2.19. The third kappa shape index (κ3) is 5.88. The van der Waals surface area contributed by atoms with Gasteiger partial charge >= 0.3 is 0 Å². The van der Waals surface area contributed by atoms with Crippen LogP contribution in [0.2, 0.25) is 0 Å². The molecule has 2 rings (SSSR count). The van der Waals surface area contributed by atoms with E-state index in [0.717, 1.165) is 17.4 Å². The van der Waals surface area contributed by atoms with E-state index in [1.165, 1.54) is 12.1 Å². The lowest BCUT2D eigenvalue weighted by atomic mass is 9.97. The zero-order chi connectivity index (χ0) is 18.7. The number of rotatable bonds is 6. The molecule has 2 aromatic rings. The molecule has 0 unspecified atom stereocenters. The number of benzene rings is 2. The van der Waals surface area contributed by atoms with E-state index >= 15 is 0 Å². The first kappa shape index (κ1) is 19.0. The molecule has 7 heteroatoms. The van der Waals surface area contributed by atoms with Crippen molar-refractivity contribution < 1.29 is 18.3 Å². The van der Waals surface area contributed by atoms with Crippen LogP contribution in [0.5, 0.6) is 0 Å². The Bertz CT molecular complexity index is 836. The van der Waals surface area contributed by atoms with Crippen LogP contribution < -0.4 is 10.0 Å². The summed E-state index contributed by atoms with van der Waals surface area (Å²) in [6, 6.07) is 13.5. The molecule has 6 nitrogen and oxygen atoms in total. The average molecular weight is 362 g/mol. The molecule has 2 aromatic carbocycles. The van der Waals surface area contributed by atoms with Crippen LogP contribution in [-0.4, -0.2) is 25.7 Å². The Morgan fingerprint density at radius 1 is 1.04 bits per heavy atom. The van der Waals surface area contributed by atoms with Gasteiger partial charge in [0, 0.05) is 17.8 Å². The van der Waals surface area contributed by atoms with Crippen molar-refractivity contribution in [2.75, 3.05) is 11.0 Å². The summed E-state index contributed by atoms with van der Waals surface area (Å²) in [4.78, 5) is 12.2. The van der Waals surface area contributed by atoms with E-state index < -0.39 is 15.6 Å². The fraction of sp³-hybridized carbons (Fsp3) is 0.278. The maximum absolute atomic E-state index is 12.2. The van der Waals surface area contributed by atoms with Crippen LogP contribution >= 0.6 is 0 Å². The van der Waals surface area contributed by atoms with Crippen molar-refractivity contribution in [1.82, 2.24) is 5.32 Å². The van der Waals surface area contributed by atoms with Gasteiger partial charge in [0.15, 0.2) is 0 Å². The summed E-state index contributed by atoms with van der Waals surface area (Å²) in [5, 5.41) is 12.7. The third-order valence-corrected chi connectivity index (χ3v) is 4.17. The normalized spacial score (nSPS) is 11.8. The summed E-state index contributed by atoms with van der Waals surface area (Å²) in [5.41, 5.74) is 1.66. The van der Waals surface area contributed by atoms with Gasteiger partial charge in [-0.2, -0.15) is 0 Å². The topological polar surface area (TPSA) is 95.5 Å². The summed E-state index contributed by atoms with van der Waals surface area (Å²) < 4.78 is 24.7. The summed E-state index contributed by atoms with van der Waals surface area (Å²) in [6.07, 6.45) is 1.07. The van der Waals surface area contributed by atoms with Crippen LogP contribution in [0.25, 0.3) is 0 Å². The monoisotopic (exact) mass is 362 g/mol. The maximum Gasteiger partial charge on any atom is 0.251 e. The molecule has 134 valence electrons. The number of amides is 1. The van der Waals surface area contributed by atoms with Crippen LogP contribution in [0.15, 0.2) is 48.5 Å². The molecule has 0 fully saturated rings. The van der Waals surface area contributed by atoms with Crippen LogP contribution in [0, 0.1) is 0 Å². The van der Waals surface area contributed by atoms with Gasteiger partial charge in [-0.1, -0.05) is 24.3 Å². The van der Waals surface area contributed by atoms with Gasteiger partial charge in [-0.25, -0.2) is 8.42 Å². The first-order chi connectivity index (χ1) is 11.5. The highest BCUT2D eigenvalue weighted by Gasteiger charge is 2.15. The summed E-state index contributed by atoms with van der Waals surface area (Å²) in [6.45, 7) is 3.78. The molecule has 0 bridgehead atoms. The van der Waals surface area contributed by atoms with Crippen molar-refractivity contribution in [3.8, 4) is 0 Å². The predicted octanol–water partition coefficient (Wildman–Crippen LogP) is 2.22. The number of hydrogen-bond donors (Lipinski definition) is 3. The van der Waals surface area contributed by atoms with E-state index in [9.17, 15) is 18.3 Å². The van der Waals surface area contributed by atoms with Gasteiger partial charge in [-0.15, -0.1) is 0 Å². The molecule has 0 saturated heterocycles. The molecule has 0 radical (unpaired) electrons. The second-order valence-corrected chi connectivity index (χ2v) is 8.14. The van der Waals surface area contributed by atoms with Gasteiger partial charge in [0.25, 0.3) is 5.91 Å². The van der Waals surface area contributed by atoms with E-state index in [4.69, 9.17) is 0 Å². The largest absolute Gasteiger partial charge is 0.386 e. The van der Waals surface area contributed by atoms with Crippen molar-refractivity contribution in [1.29, 1.82) is 0 Å². The van der Waals surface area contributed by atoms with Crippen LogP contribution in [0.4, 0.5) is 5.69 Å². The fourth-order valence-corrected chi connectivity index (χ4v) is 2.78. The van der Waals surface area contributed by atoms with Crippen LogP contribution in [0.3, 0.4) is 0 Å². The molecule has 0 aliphatic carbocycles. The van der Waals surface area contributed by atoms with Crippen LogP contribution in [-0.2, 0) is 22.2 Å². The Labute approximate surface area is 147 Å². The lowest BCUT2D eigenvalue weighted by Crippen LogP contribution is -2.23. The fourth-order valence-electron chi connectivity index (χ4n) is 2.22. The third-order valence-electron chi connectivity index (χ3n) is 3.56. The Kier molecular flexibility index (Phi) is 5.49. The molecule has 0 aliphatic heterocycles. The SMILES string of the molecule is CC(C)(O)c1ccc(CNC(=O)c2ccc(NS(C)(=O)=O)cc2)cc1. The van der Waals surface area contributed by atoms with E-state index in [2.05, 4.69) is 10.0 Å². The quantitative estimate of drug-likeness (QED) is 0.734. The molecule has 0 saturated carbocycles. The van der Waals surface area contributed by atoms with E-state index in [-0.39, 0.29) is 5.91 Å². The Morgan fingerprint density at radius 2 is 1.60 bits per heavy atom. The summed E-state index contributed by atoms with van der Waals surface area (Å²) in [7, 11) is -3.34. The first-order valence-corrected chi connectivity index (χ1v) is 9.61. The second-order valence-electron chi connectivity index (χ2n) is 6.39. The van der Waals surface area contributed by atoms with E-state index in [1.807, 2.05) is 24.3 Å². The van der Waals surface area contributed by atoms with Crippen LogP contribution in [0.1, 0.15) is 35.3 Å². The molecule has 0 heterocycles. The van der Waals surface area contributed by atoms with Crippen molar-refractivity contribution >= 4 is 21.6 Å². The number of carbonyl (C=O) groups is 1. The minimum atomic E-state index is -3.34. The highest BCUT2D eigenvalue weighted by atomic mass is 32.2. The molecule has 0 atom stereocenters. The summed E-state index contributed by atoms with van der Waals surface area (Å²) in [5.74, 6) is -0.252. The lowest BCUT2D eigenvalue weighted by molar-refractivity contribution is 0.0785. The van der Waals surface area contributed by atoms with Gasteiger partial charge in [0.05, 0.1) is 11.9 Å². The van der Waals surface area contributed by atoms with E-state index in [1.54, 1.807) is 26.0 Å². The second kappa shape index (κ2) is 7.25. The lowest BCUT2D eigenvalue weighted by Gasteiger charge is -2.18. The number of aliphatic hydroxyl groups is 1. The van der Waals surface area contributed by atoms with E-state index in [0.29, 0.717) is 17.8 Å². The zero-order valence-corrected chi connectivity index (χ0v) is 15.2. The molecule has 0 aliphatic rings. The minimum absolute atomic E-state index is 0.252. The first-order valence-electron chi connectivity index (χ1n) is 7.72. The molecule has 0 spiro atoms. The Morgan fingerprint density at radius 3 is 2.08 bits per heavy atom. The van der Waals surface area contributed by atoms with Crippen molar-refractivity contribution in [2.45, 2.75) is 26.0 Å². The smallest absolute Gasteiger partial charge is 0.251 e. The van der Waals surface area contributed by atoms with Gasteiger partial charge < -0.3 is 10.4 Å². The molecular formula is C18H22N2O4S. The number of sulfonamides is 1. The zero-order valence-electron chi connectivity index (χ0n) is 14.4. The Balaban J connectivity index is 1.96. The standard InChI is InChI=1S/C18H22N2O4S/c1-18(2,22)15-8-4-13(5-9-15)12-19-17(21)14-6-10-16(11-7-14)20-25(3,23)24/h4-11,20,22H,12H2,1-3H3,(H,19,21).